The van der Waals surface area contributed by atoms with Crippen molar-refractivity contribution < 1.29 is 24.0 Å². The number of rotatable bonds is 5. The third-order valence-corrected chi connectivity index (χ3v) is 5.89. The molecule has 33 heavy (non-hydrogen) atoms. The van der Waals surface area contributed by atoms with Gasteiger partial charge in [0.05, 0.1) is 22.4 Å². The lowest BCUT2D eigenvalue weighted by Gasteiger charge is -2.20. The highest BCUT2D eigenvalue weighted by Gasteiger charge is 2.35. The molecule has 7 heteroatoms. The molecule has 0 fully saturated rings. The van der Waals surface area contributed by atoms with Gasteiger partial charge in [-0.05, 0) is 24.6 Å². The summed E-state index contributed by atoms with van der Waals surface area (Å²) in [7, 11) is 0. The maximum atomic E-state index is 13.0. The van der Waals surface area contributed by atoms with Crippen molar-refractivity contribution in [2.45, 2.75) is 12.8 Å². The van der Waals surface area contributed by atoms with Gasteiger partial charge in [0, 0.05) is 29.7 Å². The van der Waals surface area contributed by atoms with Crippen LogP contribution in [0.2, 0.25) is 0 Å². The van der Waals surface area contributed by atoms with Crippen molar-refractivity contribution in [3.05, 3.63) is 100 Å². The predicted octanol–water partition coefficient (Wildman–Crippen LogP) is 3.48. The zero-order valence-electron chi connectivity index (χ0n) is 17.5. The second-order valence-corrected chi connectivity index (χ2v) is 7.89. The molecule has 5 rings (SSSR count). The van der Waals surface area contributed by atoms with E-state index in [0.29, 0.717) is 22.3 Å². The lowest BCUT2D eigenvalue weighted by Crippen LogP contribution is -2.31. The van der Waals surface area contributed by atoms with Crippen molar-refractivity contribution in [1.82, 2.24) is 4.90 Å². The van der Waals surface area contributed by atoms with E-state index in [1.165, 1.54) is 0 Å². The molecule has 0 spiro atoms. The van der Waals surface area contributed by atoms with Gasteiger partial charge in [-0.3, -0.25) is 28.9 Å². The van der Waals surface area contributed by atoms with Crippen LogP contribution in [0.1, 0.15) is 65.4 Å². The van der Waals surface area contributed by atoms with E-state index in [1.54, 1.807) is 66.7 Å². The molecular formula is C26H18N2O5. The van der Waals surface area contributed by atoms with Crippen LogP contribution in [-0.2, 0) is 4.79 Å². The molecular weight excluding hydrogens is 420 g/mol. The molecule has 0 bridgehead atoms. The summed E-state index contributed by atoms with van der Waals surface area (Å²) in [6.45, 7) is 0.109. The third-order valence-electron chi connectivity index (χ3n) is 5.89. The van der Waals surface area contributed by atoms with Gasteiger partial charge in [0.15, 0.2) is 11.6 Å². The van der Waals surface area contributed by atoms with Crippen LogP contribution in [0.4, 0.5) is 5.69 Å². The largest absolute Gasteiger partial charge is 0.325 e. The standard InChI is InChI=1S/C26H18N2O5/c29-21(13-6-14-28-25(32)17-9-3-4-10-18(17)26(28)33)27-20-12-5-11-19-22(20)24(31)16-8-2-1-7-15(16)23(19)30/h1-5,7-12H,6,13-14H2,(H,27,29). The Labute approximate surface area is 189 Å². The summed E-state index contributed by atoms with van der Waals surface area (Å²) in [6.07, 6.45) is 0.303. The van der Waals surface area contributed by atoms with Crippen LogP contribution in [0.25, 0.3) is 0 Å². The number of carbonyl (C=O) groups excluding carboxylic acids is 5. The van der Waals surface area contributed by atoms with Crippen LogP contribution in [0.5, 0.6) is 0 Å². The number of hydrogen-bond donors (Lipinski definition) is 1. The van der Waals surface area contributed by atoms with Crippen LogP contribution in [0.15, 0.2) is 66.7 Å². The number of carbonyl (C=O) groups is 5. The number of anilines is 1. The highest BCUT2D eigenvalue weighted by Crippen LogP contribution is 2.32. The first-order valence-corrected chi connectivity index (χ1v) is 10.5. The zero-order valence-corrected chi connectivity index (χ0v) is 17.5. The minimum absolute atomic E-state index is 0.0375. The fraction of sp³-hybridized carbons (Fsp3) is 0.115. The fourth-order valence-corrected chi connectivity index (χ4v) is 4.30. The molecule has 3 amide bonds. The topological polar surface area (TPSA) is 101 Å². The molecule has 1 N–H and O–H groups in total. The molecule has 0 unspecified atom stereocenters. The third kappa shape index (κ3) is 3.34. The lowest BCUT2D eigenvalue weighted by molar-refractivity contribution is -0.116. The normalized spacial score (nSPS) is 14.1. The van der Waals surface area contributed by atoms with E-state index in [2.05, 4.69) is 5.32 Å². The Morgan fingerprint density at radius 1 is 0.667 bits per heavy atom. The van der Waals surface area contributed by atoms with E-state index < -0.39 is 0 Å². The summed E-state index contributed by atoms with van der Waals surface area (Å²) in [4.78, 5) is 64.5. The minimum atomic E-state index is -0.376. The summed E-state index contributed by atoms with van der Waals surface area (Å²) in [5.41, 5.74) is 2.09. The molecule has 0 atom stereocenters. The van der Waals surface area contributed by atoms with E-state index in [-0.39, 0.29) is 65.5 Å². The van der Waals surface area contributed by atoms with E-state index >= 15 is 0 Å². The zero-order chi connectivity index (χ0) is 23.1. The summed E-state index contributed by atoms with van der Waals surface area (Å²) >= 11 is 0. The molecule has 162 valence electrons. The first-order chi connectivity index (χ1) is 16.0. The van der Waals surface area contributed by atoms with E-state index in [0.717, 1.165) is 4.90 Å². The average molecular weight is 438 g/mol. The van der Waals surface area contributed by atoms with Crippen molar-refractivity contribution in [1.29, 1.82) is 0 Å². The predicted molar refractivity (Wildman–Crippen MR) is 119 cm³/mol. The number of amides is 3. The molecule has 1 aliphatic carbocycles. The Morgan fingerprint density at radius 3 is 1.85 bits per heavy atom. The highest BCUT2D eigenvalue weighted by molar-refractivity contribution is 6.30. The Bertz CT molecular complexity index is 1340. The van der Waals surface area contributed by atoms with Crippen molar-refractivity contribution >= 4 is 35.0 Å². The smallest absolute Gasteiger partial charge is 0.261 e. The number of nitrogens with one attached hydrogen (secondary N) is 1. The highest BCUT2D eigenvalue weighted by atomic mass is 16.2. The summed E-state index contributed by atoms with van der Waals surface area (Å²) < 4.78 is 0. The van der Waals surface area contributed by atoms with Crippen LogP contribution >= 0.6 is 0 Å². The molecule has 2 aliphatic rings. The van der Waals surface area contributed by atoms with Gasteiger partial charge < -0.3 is 5.32 Å². The summed E-state index contributed by atoms with van der Waals surface area (Å²) in [5, 5.41) is 2.72. The van der Waals surface area contributed by atoms with Crippen LogP contribution in [0.3, 0.4) is 0 Å². The first-order valence-electron chi connectivity index (χ1n) is 10.5. The van der Waals surface area contributed by atoms with Gasteiger partial charge in [-0.1, -0.05) is 48.5 Å². The van der Waals surface area contributed by atoms with Gasteiger partial charge in [0.1, 0.15) is 0 Å². The molecule has 7 nitrogen and oxygen atoms in total. The van der Waals surface area contributed by atoms with Crippen molar-refractivity contribution in [2.24, 2.45) is 0 Å². The van der Waals surface area contributed by atoms with Crippen molar-refractivity contribution in [3.63, 3.8) is 0 Å². The van der Waals surface area contributed by atoms with E-state index in [1.807, 2.05) is 0 Å². The van der Waals surface area contributed by atoms with Gasteiger partial charge in [-0.15, -0.1) is 0 Å². The quantitative estimate of drug-likeness (QED) is 0.481. The molecule has 3 aromatic rings. The Kier molecular flexibility index (Phi) is 4.94. The molecule has 3 aromatic carbocycles. The maximum Gasteiger partial charge on any atom is 0.261 e. The van der Waals surface area contributed by atoms with Crippen LogP contribution < -0.4 is 5.32 Å². The molecule has 0 aromatic heterocycles. The average Bonchev–Trinajstić information content (AvgIpc) is 3.07. The monoisotopic (exact) mass is 438 g/mol. The number of benzene rings is 3. The van der Waals surface area contributed by atoms with E-state index in [4.69, 9.17) is 0 Å². The molecule has 0 saturated heterocycles. The first kappa shape index (κ1) is 20.5. The Balaban J connectivity index is 1.28. The van der Waals surface area contributed by atoms with Gasteiger partial charge >= 0.3 is 0 Å². The molecule has 1 aliphatic heterocycles. The van der Waals surface area contributed by atoms with Gasteiger partial charge in [-0.25, -0.2) is 0 Å². The van der Waals surface area contributed by atoms with Gasteiger partial charge in [0.25, 0.3) is 11.8 Å². The van der Waals surface area contributed by atoms with E-state index in [9.17, 15) is 24.0 Å². The van der Waals surface area contributed by atoms with Crippen molar-refractivity contribution in [2.75, 3.05) is 11.9 Å². The number of hydrogen-bond acceptors (Lipinski definition) is 5. The minimum Gasteiger partial charge on any atom is -0.325 e. The summed E-state index contributed by atoms with van der Waals surface area (Å²) in [5.74, 6) is -1.69. The summed E-state index contributed by atoms with van der Waals surface area (Å²) in [6, 6.07) is 18.0. The number of imide groups is 1. The number of nitrogens with zero attached hydrogens (tertiary/aromatic N) is 1. The Morgan fingerprint density at radius 2 is 1.21 bits per heavy atom. The molecule has 0 radical (unpaired) electrons. The van der Waals surface area contributed by atoms with Crippen LogP contribution in [-0.4, -0.2) is 40.7 Å². The fourth-order valence-electron chi connectivity index (χ4n) is 4.30. The molecule has 0 saturated carbocycles. The number of ketones is 2. The lowest BCUT2D eigenvalue weighted by atomic mass is 9.83. The second-order valence-electron chi connectivity index (χ2n) is 7.89. The number of fused-ring (bicyclic) bond motifs is 3. The van der Waals surface area contributed by atoms with Crippen molar-refractivity contribution in [3.8, 4) is 0 Å². The van der Waals surface area contributed by atoms with Crippen LogP contribution in [0, 0.1) is 0 Å². The molecule has 1 heterocycles. The maximum absolute atomic E-state index is 13.0. The van der Waals surface area contributed by atoms with Gasteiger partial charge in [-0.2, -0.15) is 0 Å². The Hall–Kier alpha value is -4.39. The SMILES string of the molecule is O=C(CCCN1C(=O)c2ccccc2C1=O)Nc1cccc2c1C(=O)c1ccccc1C2=O. The second kappa shape index (κ2) is 7.94. The van der Waals surface area contributed by atoms with Gasteiger partial charge in [0.2, 0.25) is 5.91 Å².